The lowest BCUT2D eigenvalue weighted by molar-refractivity contribution is 0.496. The van der Waals surface area contributed by atoms with Crippen molar-refractivity contribution in [2.24, 2.45) is 12.8 Å². The molecule has 9 heteroatoms. The number of anilines is 1. The van der Waals surface area contributed by atoms with Gasteiger partial charge in [-0.05, 0) is 56.4 Å². The Hall–Kier alpha value is -3.90. The smallest absolute Gasteiger partial charge is 0.332 e. The molecule has 196 valence electrons. The summed E-state index contributed by atoms with van der Waals surface area (Å²) >= 11 is 0. The van der Waals surface area contributed by atoms with Crippen molar-refractivity contribution in [3.8, 4) is 11.8 Å². The van der Waals surface area contributed by atoms with Gasteiger partial charge in [0.1, 0.15) is 0 Å². The number of rotatable bonds is 4. The Morgan fingerprint density at radius 2 is 1.84 bits per heavy atom. The first-order chi connectivity index (χ1) is 18.5. The standard InChI is InChI=1S/C29H33N7O2/c1-3-4-16-35-25-26(32-28(35)34-15-9-10-19(30)17-34)33(2)29(38)36(27(25)37)18-24-22-13-6-5-11-20(22)21-12-7-8-14-23(21)31-24/h5-6,11,13,19H,7-10,12,14-18,30H2,1-2H3. The lowest BCUT2D eigenvalue weighted by Crippen LogP contribution is -2.44. The molecule has 3 aromatic heterocycles. The Kier molecular flexibility index (Phi) is 6.28. The highest BCUT2D eigenvalue weighted by Crippen LogP contribution is 2.30. The third-order valence-electron chi connectivity index (χ3n) is 7.95. The largest absolute Gasteiger partial charge is 0.341 e. The van der Waals surface area contributed by atoms with Crippen LogP contribution in [0.4, 0.5) is 5.95 Å². The number of aromatic nitrogens is 5. The fourth-order valence-corrected chi connectivity index (χ4v) is 6.03. The van der Waals surface area contributed by atoms with Crippen LogP contribution < -0.4 is 21.9 Å². The van der Waals surface area contributed by atoms with E-state index in [2.05, 4.69) is 22.8 Å². The number of aryl methyl sites for hydroxylation is 3. The molecule has 1 atom stereocenters. The normalized spacial score (nSPS) is 17.4. The number of fused-ring (bicyclic) bond motifs is 4. The Balaban J connectivity index is 1.55. The van der Waals surface area contributed by atoms with Crippen LogP contribution in [-0.2, 0) is 33.0 Å². The number of pyridine rings is 1. The van der Waals surface area contributed by atoms with Crippen molar-refractivity contribution >= 4 is 27.9 Å². The maximum atomic E-state index is 14.0. The van der Waals surface area contributed by atoms with Gasteiger partial charge in [-0.15, -0.1) is 5.92 Å². The molecule has 0 amide bonds. The Bertz CT molecular complexity index is 1730. The van der Waals surface area contributed by atoms with Gasteiger partial charge in [-0.1, -0.05) is 30.2 Å². The van der Waals surface area contributed by atoms with E-state index >= 15 is 0 Å². The van der Waals surface area contributed by atoms with Gasteiger partial charge in [-0.2, -0.15) is 4.98 Å². The number of imidazole rings is 1. The van der Waals surface area contributed by atoms with Crippen LogP contribution >= 0.6 is 0 Å². The number of nitrogens with two attached hydrogens (primary N) is 1. The van der Waals surface area contributed by atoms with Crippen molar-refractivity contribution in [2.75, 3.05) is 18.0 Å². The van der Waals surface area contributed by atoms with E-state index in [9.17, 15) is 9.59 Å². The van der Waals surface area contributed by atoms with Gasteiger partial charge < -0.3 is 10.6 Å². The van der Waals surface area contributed by atoms with Gasteiger partial charge in [0.05, 0.1) is 18.8 Å². The molecule has 2 N–H and O–H groups in total. The zero-order valence-corrected chi connectivity index (χ0v) is 22.0. The van der Waals surface area contributed by atoms with Crippen LogP contribution in [0.15, 0.2) is 33.9 Å². The average Bonchev–Trinajstić information content (AvgIpc) is 3.33. The second-order valence-corrected chi connectivity index (χ2v) is 10.4. The quantitative estimate of drug-likeness (QED) is 0.422. The van der Waals surface area contributed by atoms with E-state index in [1.54, 1.807) is 14.0 Å². The predicted molar refractivity (Wildman–Crippen MR) is 150 cm³/mol. The van der Waals surface area contributed by atoms with Crippen LogP contribution in [0.1, 0.15) is 49.6 Å². The molecule has 1 aliphatic carbocycles. The SMILES string of the molecule is CC#CCn1c(N2CCCC(N)C2)nc2c1c(=O)n(Cc1nc3c(c4ccccc14)CCCC3)c(=O)n2C. The van der Waals surface area contributed by atoms with Crippen LogP contribution in [0.3, 0.4) is 0 Å². The van der Waals surface area contributed by atoms with Gasteiger partial charge in [-0.25, -0.2) is 4.79 Å². The summed E-state index contributed by atoms with van der Waals surface area (Å²) < 4.78 is 4.62. The van der Waals surface area contributed by atoms with Gasteiger partial charge >= 0.3 is 5.69 Å². The highest BCUT2D eigenvalue weighted by Gasteiger charge is 2.27. The van der Waals surface area contributed by atoms with Gasteiger partial charge in [-0.3, -0.25) is 23.5 Å². The second-order valence-electron chi connectivity index (χ2n) is 10.4. The summed E-state index contributed by atoms with van der Waals surface area (Å²) in [6.07, 6.45) is 6.10. The third-order valence-corrected chi connectivity index (χ3v) is 7.95. The number of piperidine rings is 1. The predicted octanol–water partition coefficient (Wildman–Crippen LogP) is 2.32. The zero-order valence-electron chi connectivity index (χ0n) is 22.0. The first-order valence-electron chi connectivity index (χ1n) is 13.5. The Labute approximate surface area is 220 Å². The minimum Gasteiger partial charge on any atom is -0.341 e. The summed E-state index contributed by atoms with van der Waals surface area (Å²) in [5.41, 5.74) is 9.37. The zero-order chi connectivity index (χ0) is 26.4. The topological polar surface area (TPSA) is 104 Å². The fraction of sp³-hybridized carbons (Fsp3) is 0.448. The minimum absolute atomic E-state index is 0.0399. The van der Waals surface area contributed by atoms with Crippen molar-refractivity contribution in [3.63, 3.8) is 0 Å². The summed E-state index contributed by atoms with van der Waals surface area (Å²) in [6, 6.07) is 8.24. The van der Waals surface area contributed by atoms with E-state index in [-0.39, 0.29) is 18.1 Å². The van der Waals surface area contributed by atoms with Crippen molar-refractivity contribution < 1.29 is 0 Å². The molecule has 4 heterocycles. The number of hydrogen-bond acceptors (Lipinski definition) is 6. The molecule has 9 nitrogen and oxygen atoms in total. The van der Waals surface area contributed by atoms with E-state index in [0.29, 0.717) is 30.2 Å². The summed E-state index contributed by atoms with van der Waals surface area (Å²) in [7, 11) is 1.67. The number of benzene rings is 1. The van der Waals surface area contributed by atoms with E-state index in [1.807, 2.05) is 22.8 Å². The van der Waals surface area contributed by atoms with Crippen LogP contribution in [0.25, 0.3) is 21.9 Å². The molecule has 4 aromatic rings. The van der Waals surface area contributed by atoms with Crippen molar-refractivity contribution in [2.45, 2.75) is 64.6 Å². The van der Waals surface area contributed by atoms with Crippen molar-refractivity contribution in [3.05, 3.63) is 62.1 Å². The molecule has 1 aliphatic heterocycles. The minimum atomic E-state index is -0.403. The lowest BCUT2D eigenvalue weighted by atomic mass is 9.91. The van der Waals surface area contributed by atoms with E-state index < -0.39 is 5.69 Å². The van der Waals surface area contributed by atoms with Gasteiger partial charge in [0.2, 0.25) is 5.95 Å². The van der Waals surface area contributed by atoms with Gasteiger partial charge in [0.15, 0.2) is 11.2 Å². The molecule has 2 aliphatic rings. The maximum absolute atomic E-state index is 14.0. The molecule has 1 fully saturated rings. The first-order valence-corrected chi connectivity index (χ1v) is 13.5. The number of nitrogens with zero attached hydrogens (tertiary/aromatic N) is 6. The molecule has 0 saturated carbocycles. The lowest BCUT2D eigenvalue weighted by Gasteiger charge is -2.31. The maximum Gasteiger partial charge on any atom is 0.332 e. The number of hydrogen-bond donors (Lipinski definition) is 1. The fourth-order valence-electron chi connectivity index (χ4n) is 6.03. The molecule has 1 saturated heterocycles. The van der Waals surface area contributed by atoms with Crippen molar-refractivity contribution in [1.29, 1.82) is 0 Å². The van der Waals surface area contributed by atoms with Crippen molar-refractivity contribution in [1.82, 2.24) is 23.7 Å². The summed E-state index contributed by atoms with van der Waals surface area (Å²) in [6.45, 7) is 3.63. The first kappa shape index (κ1) is 24.4. The molecular formula is C29H33N7O2. The third kappa shape index (κ3) is 4.00. The second kappa shape index (κ2) is 9.76. The summed E-state index contributed by atoms with van der Waals surface area (Å²) in [5, 5.41) is 2.17. The monoisotopic (exact) mass is 511 g/mol. The van der Waals surface area contributed by atoms with E-state index in [1.165, 1.54) is 20.1 Å². The van der Waals surface area contributed by atoms with Gasteiger partial charge in [0, 0.05) is 37.3 Å². The van der Waals surface area contributed by atoms with Crippen LogP contribution in [0.5, 0.6) is 0 Å². The molecule has 0 radical (unpaired) electrons. The molecule has 1 unspecified atom stereocenters. The average molecular weight is 512 g/mol. The molecular weight excluding hydrogens is 478 g/mol. The van der Waals surface area contributed by atoms with Crippen LogP contribution in [0, 0.1) is 11.8 Å². The van der Waals surface area contributed by atoms with E-state index in [0.717, 1.165) is 61.8 Å². The van der Waals surface area contributed by atoms with E-state index in [4.69, 9.17) is 15.7 Å². The van der Waals surface area contributed by atoms with Crippen LogP contribution in [-0.4, -0.2) is 42.8 Å². The van der Waals surface area contributed by atoms with Gasteiger partial charge in [0.25, 0.3) is 5.56 Å². The highest BCUT2D eigenvalue weighted by atomic mass is 16.2. The van der Waals surface area contributed by atoms with Crippen LogP contribution in [0.2, 0.25) is 0 Å². The summed E-state index contributed by atoms with van der Waals surface area (Å²) in [4.78, 5) is 39.6. The Morgan fingerprint density at radius 3 is 2.63 bits per heavy atom. The molecule has 1 aromatic carbocycles. The highest BCUT2D eigenvalue weighted by molar-refractivity contribution is 5.88. The molecule has 6 rings (SSSR count). The molecule has 0 bridgehead atoms. The summed E-state index contributed by atoms with van der Waals surface area (Å²) in [5.74, 6) is 6.66. The molecule has 0 spiro atoms. The molecule has 38 heavy (non-hydrogen) atoms. The Morgan fingerprint density at radius 1 is 1.05 bits per heavy atom.